The molecule has 0 aliphatic carbocycles. The molecule has 0 radical (unpaired) electrons. The molecule has 1 aliphatic rings. The first kappa shape index (κ1) is 22.3. The van der Waals surface area contributed by atoms with Crippen molar-refractivity contribution < 1.29 is 14.7 Å². The number of carbonyl (C=O) groups is 2. The van der Waals surface area contributed by atoms with Crippen LogP contribution in [0.25, 0.3) is 0 Å². The summed E-state index contributed by atoms with van der Waals surface area (Å²) in [4.78, 5) is 34.3. The zero-order chi connectivity index (χ0) is 21.3. The van der Waals surface area contributed by atoms with Crippen LogP contribution in [0.2, 0.25) is 0 Å². The molecule has 10 heteroatoms. The molecule has 1 aromatic carbocycles. The first-order chi connectivity index (χ1) is 14.5. The molecule has 0 unspecified atom stereocenters. The Morgan fingerprint density at radius 2 is 1.97 bits per heavy atom. The molecule has 2 aromatic rings. The predicted octanol–water partition coefficient (Wildman–Crippen LogP) is 3.36. The minimum atomic E-state index is -1.14. The number of carboxylic acid groups (broad SMARTS) is 1. The number of nitrogens with zero attached hydrogens (tertiary/aromatic N) is 3. The van der Waals surface area contributed by atoms with E-state index in [9.17, 15) is 9.59 Å². The van der Waals surface area contributed by atoms with E-state index in [0.717, 1.165) is 61.6 Å². The molecule has 1 aliphatic heterocycles. The van der Waals surface area contributed by atoms with Crippen LogP contribution in [-0.2, 0) is 24.2 Å². The number of aromatic nitrogens is 1. The highest BCUT2D eigenvalue weighted by Gasteiger charge is 2.17. The Bertz CT molecular complexity index is 892. The quantitative estimate of drug-likeness (QED) is 0.423. The third-order valence-corrected chi connectivity index (χ3v) is 6.46. The van der Waals surface area contributed by atoms with E-state index in [2.05, 4.69) is 25.5 Å². The molecule has 1 aromatic heterocycles. The number of anilines is 1. The third kappa shape index (κ3) is 7.12. The monoisotopic (exact) mass is 447 g/mol. The van der Waals surface area contributed by atoms with Crippen molar-refractivity contribution in [2.45, 2.75) is 26.3 Å². The van der Waals surface area contributed by atoms with E-state index < -0.39 is 6.09 Å². The molecule has 3 rings (SSSR count). The average Bonchev–Trinajstić information content (AvgIpc) is 3.08. The Balaban J connectivity index is 1.64. The highest BCUT2D eigenvalue weighted by molar-refractivity contribution is 7.99. The first-order valence-electron chi connectivity index (χ1n) is 9.67. The zero-order valence-corrected chi connectivity index (χ0v) is 18.4. The van der Waals surface area contributed by atoms with E-state index in [1.165, 1.54) is 11.8 Å². The van der Waals surface area contributed by atoms with Crippen LogP contribution in [0.1, 0.15) is 23.1 Å². The molecule has 0 saturated carbocycles. The lowest BCUT2D eigenvalue weighted by atomic mass is 10.1. The van der Waals surface area contributed by atoms with Crippen molar-refractivity contribution >= 4 is 52.3 Å². The van der Waals surface area contributed by atoms with Gasteiger partial charge in [-0.05, 0) is 30.5 Å². The minimum Gasteiger partial charge on any atom is -0.465 e. The molecule has 160 valence electrons. The number of benzene rings is 1. The van der Waals surface area contributed by atoms with Crippen LogP contribution < -0.4 is 10.6 Å². The van der Waals surface area contributed by atoms with E-state index in [-0.39, 0.29) is 5.91 Å². The van der Waals surface area contributed by atoms with Gasteiger partial charge in [-0.15, -0.1) is 11.3 Å². The molecule has 3 N–H and O–H groups in total. The van der Waals surface area contributed by atoms with Gasteiger partial charge in [0.15, 0.2) is 5.13 Å². The lowest BCUT2D eigenvalue weighted by Crippen LogP contribution is -2.32. The second-order valence-electron chi connectivity index (χ2n) is 6.83. The van der Waals surface area contributed by atoms with Gasteiger partial charge in [-0.2, -0.15) is 11.8 Å². The fraction of sp³-hybridized carbons (Fsp3) is 0.400. The zero-order valence-electron chi connectivity index (χ0n) is 16.8. The van der Waals surface area contributed by atoms with Crippen LogP contribution in [0.5, 0.6) is 0 Å². The Labute approximate surface area is 183 Å². The number of hydrogen-bond donors (Lipinski definition) is 3. The second-order valence-corrected chi connectivity index (χ2v) is 9.14. The van der Waals surface area contributed by atoms with E-state index >= 15 is 0 Å². The van der Waals surface area contributed by atoms with Crippen LogP contribution in [0, 0.1) is 0 Å². The van der Waals surface area contributed by atoms with Crippen LogP contribution in [0.3, 0.4) is 0 Å². The molecule has 1 fully saturated rings. The standard InChI is InChI=1S/C20H25N5O3S2/c1-14(26)23-19-24-17(18(30-19)12-25-8-10-29-11-9-25)7-4-15-2-5-16(6-3-15)21-13-22-20(27)28/h2-3,5-6,13H,4,7-12H2,1H3,(H,21,22)(H,27,28)(H,23,24,26). The SMILES string of the molecule is CC(=O)Nc1nc(CCc2ccc(N=CNC(=O)O)cc2)c(CN2CCSCC2)s1. The average molecular weight is 448 g/mol. The minimum absolute atomic E-state index is 0.107. The van der Waals surface area contributed by atoms with Gasteiger partial charge in [-0.1, -0.05) is 12.1 Å². The summed E-state index contributed by atoms with van der Waals surface area (Å²) in [5.74, 6) is 2.21. The number of amides is 2. The summed E-state index contributed by atoms with van der Waals surface area (Å²) in [5, 5.41) is 14.1. The van der Waals surface area contributed by atoms with E-state index in [0.29, 0.717) is 10.8 Å². The Morgan fingerprint density at radius 3 is 2.63 bits per heavy atom. The summed E-state index contributed by atoms with van der Waals surface area (Å²) in [7, 11) is 0. The maximum Gasteiger partial charge on any atom is 0.409 e. The van der Waals surface area contributed by atoms with Gasteiger partial charge in [0.25, 0.3) is 0 Å². The van der Waals surface area contributed by atoms with Gasteiger partial charge in [0, 0.05) is 42.9 Å². The molecular weight excluding hydrogens is 422 g/mol. The van der Waals surface area contributed by atoms with Crippen LogP contribution in [-0.4, -0.2) is 57.9 Å². The number of thioether (sulfide) groups is 1. The molecule has 2 amide bonds. The number of carbonyl (C=O) groups excluding carboxylic acids is 1. The Kier molecular flexibility index (Phi) is 8.23. The van der Waals surface area contributed by atoms with Gasteiger partial charge >= 0.3 is 6.09 Å². The molecule has 0 spiro atoms. The maximum absolute atomic E-state index is 11.4. The first-order valence-corrected chi connectivity index (χ1v) is 11.6. The molecule has 0 bridgehead atoms. The topological polar surface area (TPSA) is 107 Å². The van der Waals surface area contributed by atoms with Gasteiger partial charge in [-0.25, -0.2) is 14.8 Å². The summed E-state index contributed by atoms with van der Waals surface area (Å²) < 4.78 is 0. The van der Waals surface area contributed by atoms with E-state index in [1.807, 2.05) is 36.0 Å². The molecule has 30 heavy (non-hydrogen) atoms. The number of thiazole rings is 1. The van der Waals surface area contributed by atoms with Gasteiger partial charge in [0.05, 0.1) is 17.7 Å². The second kappa shape index (κ2) is 11.1. The van der Waals surface area contributed by atoms with Crippen molar-refractivity contribution in [3.05, 3.63) is 40.4 Å². The third-order valence-electron chi connectivity index (χ3n) is 4.52. The van der Waals surface area contributed by atoms with Gasteiger partial charge in [-0.3, -0.25) is 15.0 Å². The smallest absolute Gasteiger partial charge is 0.409 e. The van der Waals surface area contributed by atoms with Crippen molar-refractivity contribution in [1.29, 1.82) is 0 Å². The summed E-state index contributed by atoms with van der Waals surface area (Å²) in [6, 6.07) is 7.67. The number of nitrogens with one attached hydrogen (secondary N) is 2. The van der Waals surface area contributed by atoms with Crippen molar-refractivity contribution in [1.82, 2.24) is 15.2 Å². The van der Waals surface area contributed by atoms with Gasteiger partial charge in [0.2, 0.25) is 5.91 Å². The fourth-order valence-corrected chi connectivity index (χ4v) is 5.12. The Hall–Kier alpha value is -2.43. The molecule has 0 atom stereocenters. The van der Waals surface area contributed by atoms with Crippen LogP contribution in [0.4, 0.5) is 15.6 Å². The van der Waals surface area contributed by atoms with Crippen LogP contribution in [0.15, 0.2) is 29.3 Å². The van der Waals surface area contributed by atoms with E-state index in [4.69, 9.17) is 5.11 Å². The fourth-order valence-electron chi connectivity index (χ4n) is 3.04. The number of aryl methyl sites for hydroxylation is 2. The number of aliphatic imine (C=N–C) groups is 1. The summed E-state index contributed by atoms with van der Waals surface area (Å²) >= 11 is 3.55. The van der Waals surface area contributed by atoms with Crippen molar-refractivity contribution in [3.63, 3.8) is 0 Å². The van der Waals surface area contributed by atoms with Crippen LogP contribution >= 0.6 is 23.1 Å². The molecule has 2 heterocycles. The number of rotatable bonds is 8. The maximum atomic E-state index is 11.4. The van der Waals surface area contributed by atoms with Gasteiger partial charge < -0.3 is 10.4 Å². The molecule has 8 nitrogen and oxygen atoms in total. The largest absolute Gasteiger partial charge is 0.465 e. The molecular formula is C20H25N5O3S2. The van der Waals surface area contributed by atoms with Crippen molar-refractivity contribution in [3.8, 4) is 0 Å². The van der Waals surface area contributed by atoms with E-state index in [1.54, 1.807) is 11.3 Å². The summed E-state index contributed by atoms with van der Waals surface area (Å²) in [5.41, 5.74) is 2.86. The van der Waals surface area contributed by atoms with Crippen molar-refractivity contribution in [2.24, 2.45) is 4.99 Å². The number of hydrogen-bond acceptors (Lipinski definition) is 7. The lowest BCUT2D eigenvalue weighted by molar-refractivity contribution is -0.114. The lowest BCUT2D eigenvalue weighted by Gasteiger charge is -2.25. The molecule has 1 saturated heterocycles. The Morgan fingerprint density at radius 1 is 1.23 bits per heavy atom. The van der Waals surface area contributed by atoms with Gasteiger partial charge in [0.1, 0.15) is 0 Å². The highest BCUT2D eigenvalue weighted by atomic mass is 32.2. The highest BCUT2D eigenvalue weighted by Crippen LogP contribution is 2.27. The summed E-state index contributed by atoms with van der Waals surface area (Å²) in [6.45, 7) is 4.53. The normalized spacial score (nSPS) is 14.7. The predicted molar refractivity (Wildman–Crippen MR) is 122 cm³/mol. The van der Waals surface area contributed by atoms with Crippen molar-refractivity contribution in [2.75, 3.05) is 29.9 Å². The summed E-state index contributed by atoms with van der Waals surface area (Å²) in [6.07, 6.45) is 1.62.